The van der Waals surface area contributed by atoms with E-state index in [1.807, 2.05) is 19.1 Å². The minimum absolute atomic E-state index is 0.0371. The molecule has 0 spiro atoms. The molecule has 0 fully saturated rings. The SMILES string of the molecule is Cc1ccc(CN(C)C(=O)c2ccc(S(=O)(=O)Nc3c(C)n(C)n(-c4ccccc4)c3=O)cc2)o1. The average molecular weight is 495 g/mol. The standard InChI is InChI=1S/C25H26N4O5S/c1-17-10-13-21(34-17)16-27(3)24(30)19-11-14-22(15-12-19)35(32,33)26-23-18(2)28(4)29(25(23)31)20-8-6-5-7-9-20/h5-15,26H,16H2,1-4H3. The predicted molar refractivity (Wildman–Crippen MR) is 132 cm³/mol. The van der Waals surface area contributed by atoms with E-state index in [1.54, 1.807) is 56.0 Å². The van der Waals surface area contributed by atoms with Crippen molar-refractivity contribution in [3.63, 3.8) is 0 Å². The number of amides is 1. The summed E-state index contributed by atoms with van der Waals surface area (Å²) in [6.45, 7) is 3.78. The maximum absolute atomic E-state index is 13.0. The van der Waals surface area contributed by atoms with Crippen molar-refractivity contribution < 1.29 is 17.6 Å². The molecule has 0 saturated carbocycles. The molecule has 0 aliphatic carbocycles. The second kappa shape index (κ2) is 9.30. The van der Waals surface area contributed by atoms with Crippen LogP contribution in [-0.4, -0.2) is 35.6 Å². The zero-order valence-corrected chi connectivity index (χ0v) is 20.7. The number of rotatable bonds is 7. The summed E-state index contributed by atoms with van der Waals surface area (Å²) in [5.74, 6) is 1.13. The van der Waals surface area contributed by atoms with E-state index in [0.717, 1.165) is 5.76 Å². The summed E-state index contributed by atoms with van der Waals surface area (Å²) >= 11 is 0. The largest absolute Gasteiger partial charge is 0.464 e. The van der Waals surface area contributed by atoms with Crippen LogP contribution in [0, 0.1) is 13.8 Å². The van der Waals surface area contributed by atoms with Crippen molar-refractivity contribution in [2.75, 3.05) is 11.8 Å². The third kappa shape index (κ3) is 4.78. The highest BCUT2D eigenvalue weighted by molar-refractivity contribution is 7.92. The lowest BCUT2D eigenvalue weighted by molar-refractivity contribution is 0.0775. The molecule has 1 amide bonds. The Balaban J connectivity index is 1.55. The van der Waals surface area contributed by atoms with Crippen LogP contribution in [0.4, 0.5) is 5.69 Å². The van der Waals surface area contributed by atoms with E-state index in [-0.39, 0.29) is 23.0 Å². The van der Waals surface area contributed by atoms with E-state index in [4.69, 9.17) is 4.42 Å². The first-order chi connectivity index (χ1) is 16.6. The summed E-state index contributed by atoms with van der Waals surface area (Å²) in [5, 5.41) is 0. The molecule has 2 aromatic carbocycles. The highest BCUT2D eigenvalue weighted by atomic mass is 32.2. The molecule has 0 aliphatic rings. The van der Waals surface area contributed by atoms with Crippen LogP contribution >= 0.6 is 0 Å². The maximum atomic E-state index is 13.0. The molecule has 0 atom stereocenters. The summed E-state index contributed by atoms with van der Waals surface area (Å²) in [7, 11) is -0.745. The van der Waals surface area contributed by atoms with Gasteiger partial charge in [0.05, 0.1) is 22.8 Å². The summed E-state index contributed by atoms with van der Waals surface area (Å²) in [4.78, 5) is 27.2. The van der Waals surface area contributed by atoms with Crippen molar-refractivity contribution >= 4 is 21.6 Å². The van der Waals surface area contributed by atoms with Crippen molar-refractivity contribution in [3.05, 3.63) is 99.9 Å². The van der Waals surface area contributed by atoms with Crippen LogP contribution in [0.25, 0.3) is 5.69 Å². The Morgan fingerprint density at radius 2 is 1.66 bits per heavy atom. The Morgan fingerprint density at radius 1 is 1.00 bits per heavy atom. The maximum Gasteiger partial charge on any atom is 0.296 e. The van der Waals surface area contributed by atoms with Crippen LogP contribution < -0.4 is 10.3 Å². The van der Waals surface area contributed by atoms with Crippen molar-refractivity contribution in [1.29, 1.82) is 0 Å². The first-order valence-electron chi connectivity index (χ1n) is 10.9. The molecule has 2 aromatic heterocycles. The number of furan rings is 1. The molecule has 0 saturated heterocycles. The molecule has 9 nitrogen and oxygen atoms in total. The summed E-state index contributed by atoms with van der Waals surface area (Å²) in [6.07, 6.45) is 0. The molecule has 1 N–H and O–H groups in total. The van der Waals surface area contributed by atoms with Crippen LogP contribution in [0.5, 0.6) is 0 Å². The van der Waals surface area contributed by atoms with Crippen LogP contribution in [0.3, 0.4) is 0 Å². The number of carbonyl (C=O) groups excluding carboxylic acids is 1. The molecule has 4 rings (SSSR count). The van der Waals surface area contributed by atoms with Crippen molar-refractivity contribution in [3.8, 4) is 5.69 Å². The molecule has 0 bridgehead atoms. The van der Waals surface area contributed by atoms with Crippen LogP contribution in [0.15, 0.2) is 80.8 Å². The van der Waals surface area contributed by atoms with Crippen molar-refractivity contribution in [2.24, 2.45) is 7.05 Å². The first kappa shape index (κ1) is 24.1. The number of aryl methyl sites for hydroxylation is 1. The monoisotopic (exact) mass is 494 g/mol. The number of carbonyl (C=O) groups is 1. The molecule has 0 unspecified atom stereocenters. The van der Waals surface area contributed by atoms with Crippen molar-refractivity contribution in [1.82, 2.24) is 14.3 Å². The van der Waals surface area contributed by atoms with Crippen LogP contribution in [0.2, 0.25) is 0 Å². The molecule has 2 heterocycles. The third-order valence-corrected chi connectivity index (χ3v) is 7.10. The second-order valence-electron chi connectivity index (χ2n) is 8.24. The van der Waals surface area contributed by atoms with Gasteiger partial charge in [0, 0.05) is 19.7 Å². The Bertz CT molecular complexity index is 1530. The van der Waals surface area contributed by atoms with Gasteiger partial charge in [0.25, 0.3) is 21.5 Å². The van der Waals surface area contributed by atoms with Gasteiger partial charge in [0.1, 0.15) is 17.2 Å². The van der Waals surface area contributed by atoms with Gasteiger partial charge in [-0.05, 0) is 62.4 Å². The highest BCUT2D eigenvalue weighted by Gasteiger charge is 2.23. The fourth-order valence-corrected chi connectivity index (χ4v) is 4.87. The van der Waals surface area contributed by atoms with E-state index in [1.165, 1.54) is 33.8 Å². The number of hydrogen-bond donors (Lipinski definition) is 1. The minimum atomic E-state index is -4.07. The van der Waals surface area contributed by atoms with Gasteiger partial charge < -0.3 is 9.32 Å². The Hall–Kier alpha value is -4.05. The topological polar surface area (TPSA) is 107 Å². The number of para-hydroxylation sites is 1. The first-order valence-corrected chi connectivity index (χ1v) is 12.3. The smallest absolute Gasteiger partial charge is 0.296 e. The lowest BCUT2D eigenvalue weighted by atomic mass is 10.2. The number of anilines is 1. The van der Waals surface area contributed by atoms with Gasteiger partial charge in [0.2, 0.25) is 0 Å². The Labute approximate surface area is 203 Å². The van der Waals surface area contributed by atoms with Gasteiger partial charge >= 0.3 is 0 Å². The summed E-state index contributed by atoms with van der Waals surface area (Å²) in [6, 6.07) is 18.1. The highest BCUT2D eigenvalue weighted by Crippen LogP contribution is 2.20. The van der Waals surface area contributed by atoms with E-state index < -0.39 is 15.6 Å². The van der Waals surface area contributed by atoms with Gasteiger partial charge in [-0.1, -0.05) is 18.2 Å². The number of nitrogens with one attached hydrogen (secondary N) is 1. The van der Waals surface area contributed by atoms with Crippen LogP contribution in [0.1, 0.15) is 27.6 Å². The molecule has 182 valence electrons. The fraction of sp³-hybridized carbons (Fsp3) is 0.200. The number of sulfonamides is 1. The molecule has 0 aliphatic heterocycles. The fourth-order valence-electron chi connectivity index (χ4n) is 3.75. The summed E-state index contributed by atoms with van der Waals surface area (Å²) in [5.41, 5.74) is 0.887. The Morgan fingerprint density at radius 3 is 2.26 bits per heavy atom. The lowest BCUT2D eigenvalue weighted by Crippen LogP contribution is -2.26. The predicted octanol–water partition coefficient (Wildman–Crippen LogP) is 3.46. The van der Waals surface area contributed by atoms with E-state index in [0.29, 0.717) is 22.7 Å². The van der Waals surface area contributed by atoms with Gasteiger partial charge in [-0.3, -0.25) is 19.0 Å². The molecule has 4 aromatic rings. The number of hydrogen-bond acceptors (Lipinski definition) is 5. The van der Waals surface area contributed by atoms with Gasteiger partial charge in [0.15, 0.2) is 0 Å². The number of aromatic nitrogens is 2. The van der Waals surface area contributed by atoms with Crippen molar-refractivity contribution in [2.45, 2.75) is 25.3 Å². The van der Waals surface area contributed by atoms with Gasteiger partial charge in [-0.15, -0.1) is 0 Å². The molecular formula is C25H26N4O5S. The zero-order chi connectivity index (χ0) is 25.3. The lowest BCUT2D eigenvalue weighted by Gasteiger charge is -2.16. The van der Waals surface area contributed by atoms with E-state index in [9.17, 15) is 18.0 Å². The normalized spacial score (nSPS) is 11.4. The third-order valence-electron chi connectivity index (χ3n) is 5.74. The minimum Gasteiger partial charge on any atom is -0.464 e. The number of nitrogens with zero attached hydrogens (tertiary/aromatic N) is 3. The number of benzene rings is 2. The van der Waals surface area contributed by atoms with Gasteiger partial charge in [-0.25, -0.2) is 13.1 Å². The molecule has 10 heteroatoms. The summed E-state index contributed by atoms with van der Waals surface area (Å²) < 4.78 is 37.0. The Kier molecular flexibility index (Phi) is 6.40. The zero-order valence-electron chi connectivity index (χ0n) is 19.8. The quantitative estimate of drug-likeness (QED) is 0.424. The second-order valence-corrected chi connectivity index (χ2v) is 9.92. The molecular weight excluding hydrogens is 468 g/mol. The van der Waals surface area contributed by atoms with E-state index >= 15 is 0 Å². The van der Waals surface area contributed by atoms with Crippen LogP contribution in [-0.2, 0) is 23.6 Å². The molecule has 0 radical (unpaired) electrons. The average Bonchev–Trinajstić information content (AvgIpc) is 3.34. The van der Waals surface area contributed by atoms with Gasteiger partial charge in [-0.2, -0.15) is 0 Å². The molecule has 35 heavy (non-hydrogen) atoms. The van der Waals surface area contributed by atoms with E-state index in [2.05, 4.69) is 4.72 Å².